The summed E-state index contributed by atoms with van der Waals surface area (Å²) in [5, 5.41) is 0. The fourth-order valence-corrected chi connectivity index (χ4v) is 1.15. The molecule has 2 heteroatoms. The highest BCUT2D eigenvalue weighted by Gasteiger charge is 1.97. The largest absolute Gasteiger partial charge is 0.228 e. The highest BCUT2D eigenvalue weighted by molar-refractivity contribution is 5.73. The number of rotatable bonds is 3. The van der Waals surface area contributed by atoms with Crippen LogP contribution in [0.15, 0.2) is 36.6 Å². The van der Waals surface area contributed by atoms with Crippen LogP contribution in [0.25, 0.3) is 5.57 Å². The summed E-state index contributed by atoms with van der Waals surface area (Å²) in [5.74, 6) is -0.441. The second kappa shape index (κ2) is 5.32. The number of pyridine rings is 1. The third kappa shape index (κ3) is 2.80. The van der Waals surface area contributed by atoms with Crippen molar-refractivity contribution >= 4 is 5.57 Å². The fraction of sp³-hybridized carbons (Fsp3) is 0.250. The molecule has 0 spiro atoms. The summed E-state index contributed by atoms with van der Waals surface area (Å²) < 4.78 is 12.6. The zero-order valence-corrected chi connectivity index (χ0v) is 8.50. The van der Waals surface area contributed by atoms with Crippen molar-refractivity contribution < 1.29 is 4.39 Å². The fourth-order valence-electron chi connectivity index (χ4n) is 1.15. The standard InChI is InChI=1S/C12H14FN/c1-3-5-6-10(4-2)11-7-8-12(13)14-9-11/h4-9H,3H2,1-2H3/b6-5-,10-4+. The Balaban J connectivity index is 2.91. The Morgan fingerprint density at radius 2 is 2.29 bits per heavy atom. The lowest BCUT2D eigenvalue weighted by atomic mass is 10.1. The van der Waals surface area contributed by atoms with Crippen LogP contribution in [0.4, 0.5) is 4.39 Å². The molecular formula is C12H14FN. The maximum absolute atomic E-state index is 12.6. The minimum absolute atomic E-state index is 0.441. The van der Waals surface area contributed by atoms with E-state index in [4.69, 9.17) is 0 Å². The molecule has 0 unspecified atom stereocenters. The molecular weight excluding hydrogens is 177 g/mol. The van der Waals surface area contributed by atoms with Gasteiger partial charge in [-0.1, -0.05) is 25.2 Å². The van der Waals surface area contributed by atoms with Crippen LogP contribution in [0.1, 0.15) is 25.8 Å². The van der Waals surface area contributed by atoms with Crippen molar-refractivity contribution in [2.24, 2.45) is 0 Å². The van der Waals surface area contributed by atoms with Crippen LogP contribution >= 0.6 is 0 Å². The Kier molecular flexibility index (Phi) is 4.05. The van der Waals surface area contributed by atoms with Gasteiger partial charge >= 0.3 is 0 Å². The molecule has 0 fully saturated rings. The van der Waals surface area contributed by atoms with Crippen molar-refractivity contribution in [3.63, 3.8) is 0 Å². The number of aromatic nitrogens is 1. The summed E-state index contributed by atoms with van der Waals surface area (Å²) in [6.45, 7) is 4.03. The topological polar surface area (TPSA) is 12.9 Å². The number of hydrogen-bond acceptors (Lipinski definition) is 1. The zero-order valence-electron chi connectivity index (χ0n) is 8.50. The molecule has 1 nitrogen and oxygen atoms in total. The Hall–Kier alpha value is -1.44. The summed E-state index contributed by atoms with van der Waals surface area (Å²) in [6, 6.07) is 3.11. The first-order valence-corrected chi connectivity index (χ1v) is 4.72. The lowest BCUT2D eigenvalue weighted by Gasteiger charge is -2.00. The van der Waals surface area contributed by atoms with E-state index in [2.05, 4.69) is 18.0 Å². The predicted molar refractivity (Wildman–Crippen MR) is 57.3 cm³/mol. The van der Waals surface area contributed by atoms with E-state index in [1.54, 1.807) is 12.3 Å². The molecule has 1 heterocycles. The molecule has 0 aromatic carbocycles. The van der Waals surface area contributed by atoms with Crippen LogP contribution in [0.5, 0.6) is 0 Å². The van der Waals surface area contributed by atoms with Gasteiger partial charge in [-0.15, -0.1) is 0 Å². The molecule has 0 amide bonds. The van der Waals surface area contributed by atoms with Crippen molar-refractivity contribution in [1.82, 2.24) is 4.98 Å². The smallest absolute Gasteiger partial charge is 0.212 e. The molecule has 0 N–H and O–H groups in total. The van der Waals surface area contributed by atoms with Crippen molar-refractivity contribution in [3.05, 3.63) is 48.1 Å². The highest BCUT2D eigenvalue weighted by atomic mass is 19.1. The molecule has 0 bridgehead atoms. The van der Waals surface area contributed by atoms with Gasteiger partial charge in [0.15, 0.2) is 0 Å². The van der Waals surface area contributed by atoms with Gasteiger partial charge in [-0.3, -0.25) is 0 Å². The minimum Gasteiger partial charge on any atom is -0.228 e. The maximum atomic E-state index is 12.6. The molecule has 74 valence electrons. The van der Waals surface area contributed by atoms with Crippen LogP contribution in [0, 0.1) is 5.95 Å². The molecule has 0 aliphatic rings. The monoisotopic (exact) mass is 191 g/mol. The molecule has 0 radical (unpaired) electrons. The van der Waals surface area contributed by atoms with Gasteiger partial charge in [0.05, 0.1) is 0 Å². The lowest BCUT2D eigenvalue weighted by molar-refractivity contribution is 0.583. The SMILES string of the molecule is C/C=C(\C=C/CC)c1ccc(F)nc1. The second-order valence-corrected chi connectivity index (χ2v) is 2.92. The summed E-state index contributed by atoms with van der Waals surface area (Å²) in [7, 11) is 0. The third-order valence-electron chi connectivity index (χ3n) is 1.90. The van der Waals surface area contributed by atoms with Gasteiger partial charge in [0, 0.05) is 6.20 Å². The molecule has 0 atom stereocenters. The van der Waals surface area contributed by atoms with Crippen LogP contribution in [0.2, 0.25) is 0 Å². The van der Waals surface area contributed by atoms with E-state index in [9.17, 15) is 4.39 Å². The van der Waals surface area contributed by atoms with E-state index >= 15 is 0 Å². The van der Waals surface area contributed by atoms with Crippen molar-refractivity contribution in [3.8, 4) is 0 Å². The van der Waals surface area contributed by atoms with E-state index in [1.165, 1.54) is 6.07 Å². The average molecular weight is 191 g/mol. The van der Waals surface area contributed by atoms with Gasteiger partial charge in [-0.05, 0) is 36.6 Å². The van der Waals surface area contributed by atoms with E-state index < -0.39 is 5.95 Å². The molecule has 1 aromatic rings. The second-order valence-electron chi connectivity index (χ2n) is 2.92. The van der Waals surface area contributed by atoms with Gasteiger partial charge in [-0.2, -0.15) is 4.39 Å². The normalized spacial score (nSPS) is 12.4. The van der Waals surface area contributed by atoms with Crippen LogP contribution in [-0.2, 0) is 0 Å². The number of allylic oxidation sites excluding steroid dienone is 4. The zero-order chi connectivity index (χ0) is 10.4. The van der Waals surface area contributed by atoms with Crippen molar-refractivity contribution in [2.45, 2.75) is 20.3 Å². The molecule has 1 aromatic heterocycles. The Labute approximate surface area is 84.0 Å². The van der Waals surface area contributed by atoms with E-state index in [1.807, 2.05) is 19.1 Å². The number of nitrogens with zero attached hydrogens (tertiary/aromatic N) is 1. The van der Waals surface area contributed by atoms with Gasteiger partial charge < -0.3 is 0 Å². The van der Waals surface area contributed by atoms with Gasteiger partial charge in [0.25, 0.3) is 0 Å². The van der Waals surface area contributed by atoms with Gasteiger partial charge in [0.1, 0.15) is 0 Å². The van der Waals surface area contributed by atoms with Gasteiger partial charge in [-0.25, -0.2) is 4.98 Å². The molecule has 0 saturated heterocycles. The first-order chi connectivity index (χ1) is 6.77. The van der Waals surface area contributed by atoms with Crippen LogP contribution < -0.4 is 0 Å². The Morgan fingerprint density at radius 3 is 2.79 bits per heavy atom. The molecule has 1 rings (SSSR count). The first-order valence-electron chi connectivity index (χ1n) is 4.72. The number of halogens is 1. The Bertz CT molecular complexity index is 336. The Morgan fingerprint density at radius 1 is 1.50 bits per heavy atom. The summed E-state index contributed by atoms with van der Waals surface area (Å²) in [6.07, 6.45) is 8.62. The van der Waals surface area contributed by atoms with E-state index in [-0.39, 0.29) is 0 Å². The summed E-state index contributed by atoms with van der Waals surface area (Å²) in [5.41, 5.74) is 2.01. The quantitative estimate of drug-likeness (QED) is 0.525. The molecule has 0 saturated carbocycles. The van der Waals surface area contributed by atoms with Crippen LogP contribution in [-0.4, -0.2) is 4.98 Å². The maximum Gasteiger partial charge on any atom is 0.212 e. The van der Waals surface area contributed by atoms with Crippen molar-refractivity contribution in [2.75, 3.05) is 0 Å². The third-order valence-corrected chi connectivity index (χ3v) is 1.90. The molecule has 0 aliphatic carbocycles. The summed E-state index contributed by atoms with van der Waals surface area (Å²) >= 11 is 0. The molecule has 14 heavy (non-hydrogen) atoms. The predicted octanol–water partition coefficient (Wildman–Crippen LogP) is 3.59. The number of hydrogen-bond donors (Lipinski definition) is 0. The average Bonchev–Trinajstić information content (AvgIpc) is 2.21. The van der Waals surface area contributed by atoms with E-state index in [0.29, 0.717) is 0 Å². The van der Waals surface area contributed by atoms with E-state index in [0.717, 1.165) is 17.6 Å². The lowest BCUT2D eigenvalue weighted by Crippen LogP contribution is -1.85. The highest BCUT2D eigenvalue weighted by Crippen LogP contribution is 2.14. The van der Waals surface area contributed by atoms with Crippen LogP contribution in [0.3, 0.4) is 0 Å². The molecule has 0 aliphatic heterocycles. The summed E-state index contributed by atoms with van der Waals surface area (Å²) in [4.78, 5) is 3.61. The minimum atomic E-state index is -0.441. The van der Waals surface area contributed by atoms with Crippen molar-refractivity contribution in [1.29, 1.82) is 0 Å². The van der Waals surface area contributed by atoms with Gasteiger partial charge in [0.2, 0.25) is 5.95 Å². The first kappa shape index (κ1) is 10.6.